The molecule has 0 aromatic rings. The van der Waals surface area contributed by atoms with Gasteiger partial charge < -0.3 is 10.0 Å². The fraction of sp³-hybridized carbons (Fsp3) is 0.714. The lowest BCUT2D eigenvalue weighted by Gasteiger charge is -2.36. The SMILES string of the molecule is CS(=O)(=O)NC(=O)CC1CN(C(=O)O)C1. The van der Waals surface area contributed by atoms with Crippen LogP contribution in [-0.4, -0.2) is 49.8 Å². The summed E-state index contributed by atoms with van der Waals surface area (Å²) in [7, 11) is -3.51. The minimum absolute atomic E-state index is 0.0385. The van der Waals surface area contributed by atoms with Crippen molar-refractivity contribution in [2.45, 2.75) is 6.42 Å². The Morgan fingerprint density at radius 2 is 2.00 bits per heavy atom. The molecule has 86 valence electrons. The van der Waals surface area contributed by atoms with Crippen molar-refractivity contribution in [3.8, 4) is 0 Å². The maximum atomic E-state index is 11.1. The van der Waals surface area contributed by atoms with E-state index in [4.69, 9.17) is 5.11 Å². The van der Waals surface area contributed by atoms with Crippen LogP contribution in [0.3, 0.4) is 0 Å². The summed E-state index contributed by atoms with van der Waals surface area (Å²) >= 11 is 0. The molecule has 7 nitrogen and oxygen atoms in total. The predicted octanol–water partition coefficient (Wildman–Crippen LogP) is -0.938. The largest absolute Gasteiger partial charge is 0.465 e. The Morgan fingerprint density at radius 1 is 1.47 bits per heavy atom. The Labute approximate surface area is 87.1 Å². The fourth-order valence-corrected chi connectivity index (χ4v) is 1.86. The number of nitrogens with one attached hydrogen (secondary N) is 1. The maximum absolute atomic E-state index is 11.1. The van der Waals surface area contributed by atoms with Gasteiger partial charge >= 0.3 is 6.09 Å². The average molecular weight is 236 g/mol. The maximum Gasteiger partial charge on any atom is 0.407 e. The van der Waals surface area contributed by atoms with Crippen molar-refractivity contribution in [3.63, 3.8) is 0 Å². The van der Waals surface area contributed by atoms with Gasteiger partial charge in [0.1, 0.15) is 0 Å². The first-order valence-electron chi connectivity index (χ1n) is 4.26. The minimum atomic E-state index is -3.51. The monoisotopic (exact) mass is 236 g/mol. The van der Waals surface area contributed by atoms with E-state index in [2.05, 4.69) is 0 Å². The third-order valence-electron chi connectivity index (χ3n) is 2.00. The van der Waals surface area contributed by atoms with Crippen molar-refractivity contribution in [1.29, 1.82) is 0 Å². The van der Waals surface area contributed by atoms with E-state index in [1.807, 2.05) is 4.72 Å². The van der Waals surface area contributed by atoms with Gasteiger partial charge in [-0.2, -0.15) is 0 Å². The molecule has 0 spiro atoms. The molecule has 0 unspecified atom stereocenters. The highest BCUT2D eigenvalue weighted by molar-refractivity contribution is 7.89. The fourth-order valence-electron chi connectivity index (χ4n) is 1.37. The number of sulfonamides is 1. The summed E-state index contributed by atoms with van der Waals surface area (Å²) in [6, 6.07) is 0. The molecular weight excluding hydrogens is 224 g/mol. The Bertz CT molecular complexity index is 371. The van der Waals surface area contributed by atoms with Gasteiger partial charge in [0.25, 0.3) is 0 Å². The number of nitrogens with zero attached hydrogens (tertiary/aromatic N) is 1. The van der Waals surface area contributed by atoms with Gasteiger partial charge in [0.2, 0.25) is 15.9 Å². The van der Waals surface area contributed by atoms with Crippen LogP contribution >= 0.6 is 0 Å². The van der Waals surface area contributed by atoms with Crippen LogP contribution in [0.1, 0.15) is 6.42 Å². The molecule has 2 N–H and O–H groups in total. The van der Waals surface area contributed by atoms with E-state index in [1.54, 1.807) is 0 Å². The first kappa shape index (κ1) is 11.8. The van der Waals surface area contributed by atoms with Crippen molar-refractivity contribution in [3.05, 3.63) is 0 Å². The number of carbonyl (C=O) groups is 2. The number of carboxylic acid groups (broad SMARTS) is 1. The number of carbonyl (C=O) groups excluding carboxylic acids is 1. The highest BCUT2D eigenvalue weighted by Crippen LogP contribution is 2.18. The molecule has 0 atom stereocenters. The summed E-state index contributed by atoms with van der Waals surface area (Å²) in [6.45, 7) is 0.568. The lowest BCUT2D eigenvalue weighted by molar-refractivity contribution is -0.121. The van der Waals surface area contributed by atoms with Gasteiger partial charge in [-0.15, -0.1) is 0 Å². The second-order valence-corrected chi connectivity index (χ2v) is 5.30. The third-order valence-corrected chi connectivity index (χ3v) is 2.60. The standard InChI is InChI=1S/C7H12N2O5S/c1-15(13,14)8-6(10)2-5-3-9(4-5)7(11)12/h5H,2-4H2,1H3,(H,8,10)(H,11,12). The molecule has 1 fully saturated rings. The molecule has 8 heteroatoms. The van der Waals surface area contributed by atoms with E-state index in [9.17, 15) is 18.0 Å². The first-order chi connectivity index (χ1) is 6.78. The molecule has 1 rings (SSSR count). The zero-order valence-electron chi connectivity index (χ0n) is 8.13. The highest BCUT2D eigenvalue weighted by Gasteiger charge is 2.32. The van der Waals surface area contributed by atoms with Crippen molar-refractivity contribution in [2.24, 2.45) is 5.92 Å². The summed E-state index contributed by atoms with van der Waals surface area (Å²) in [6.07, 6.45) is -0.0821. The van der Waals surface area contributed by atoms with Gasteiger partial charge in [-0.25, -0.2) is 13.2 Å². The van der Waals surface area contributed by atoms with Gasteiger partial charge in [0.05, 0.1) is 6.26 Å². The smallest absolute Gasteiger partial charge is 0.407 e. The van der Waals surface area contributed by atoms with Crippen LogP contribution in [0, 0.1) is 5.92 Å². The molecule has 1 heterocycles. The van der Waals surface area contributed by atoms with Gasteiger partial charge in [-0.05, 0) is 0 Å². The Balaban J connectivity index is 2.28. The number of rotatable bonds is 3. The Morgan fingerprint density at radius 3 is 2.40 bits per heavy atom. The van der Waals surface area contributed by atoms with Crippen molar-refractivity contribution in [1.82, 2.24) is 9.62 Å². The van der Waals surface area contributed by atoms with E-state index in [0.717, 1.165) is 6.26 Å². The summed E-state index contributed by atoms with van der Waals surface area (Å²) < 4.78 is 23.2. The normalized spacial score (nSPS) is 17.0. The van der Waals surface area contributed by atoms with Crippen molar-refractivity contribution < 1.29 is 23.1 Å². The predicted molar refractivity (Wildman–Crippen MR) is 50.7 cm³/mol. The zero-order valence-corrected chi connectivity index (χ0v) is 8.95. The summed E-state index contributed by atoms with van der Waals surface area (Å²) in [5, 5.41) is 8.50. The van der Waals surface area contributed by atoms with E-state index in [0.29, 0.717) is 0 Å². The average Bonchev–Trinajstić information content (AvgIpc) is 1.91. The van der Waals surface area contributed by atoms with Gasteiger partial charge in [0, 0.05) is 25.4 Å². The molecule has 15 heavy (non-hydrogen) atoms. The van der Waals surface area contributed by atoms with Crippen LogP contribution in [0.2, 0.25) is 0 Å². The van der Waals surface area contributed by atoms with Crippen molar-refractivity contribution in [2.75, 3.05) is 19.3 Å². The molecule has 0 bridgehead atoms. The Hall–Kier alpha value is -1.31. The summed E-state index contributed by atoms with van der Waals surface area (Å²) in [5.41, 5.74) is 0. The van der Waals surface area contributed by atoms with E-state index in [-0.39, 0.29) is 25.4 Å². The second-order valence-electron chi connectivity index (χ2n) is 3.56. The number of likely N-dealkylation sites (tertiary alicyclic amines) is 1. The van der Waals surface area contributed by atoms with Crippen LogP contribution in [0.25, 0.3) is 0 Å². The summed E-state index contributed by atoms with van der Waals surface area (Å²) in [5.74, 6) is -0.671. The van der Waals surface area contributed by atoms with E-state index in [1.165, 1.54) is 4.90 Å². The van der Waals surface area contributed by atoms with Gasteiger partial charge in [-0.3, -0.25) is 9.52 Å². The van der Waals surface area contributed by atoms with E-state index < -0.39 is 22.0 Å². The quantitative estimate of drug-likeness (QED) is 0.658. The van der Waals surface area contributed by atoms with Crippen LogP contribution in [0.15, 0.2) is 0 Å². The molecule has 1 aliphatic rings. The molecular formula is C7H12N2O5S. The van der Waals surface area contributed by atoms with Crippen LogP contribution in [-0.2, 0) is 14.8 Å². The minimum Gasteiger partial charge on any atom is -0.465 e. The molecule has 1 aliphatic heterocycles. The number of hydrogen-bond acceptors (Lipinski definition) is 4. The summed E-state index contributed by atoms with van der Waals surface area (Å²) in [4.78, 5) is 22.6. The van der Waals surface area contributed by atoms with E-state index >= 15 is 0 Å². The third kappa shape index (κ3) is 3.74. The number of amides is 2. The Kier molecular flexibility index (Phi) is 3.18. The lowest BCUT2D eigenvalue weighted by Crippen LogP contribution is -2.51. The first-order valence-corrected chi connectivity index (χ1v) is 6.15. The second kappa shape index (κ2) is 4.05. The molecule has 0 aliphatic carbocycles. The molecule has 2 amide bonds. The van der Waals surface area contributed by atoms with Gasteiger partial charge in [-0.1, -0.05) is 0 Å². The molecule has 0 aromatic carbocycles. The molecule has 0 radical (unpaired) electrons. The lowest BCUT2D eigenvalue weighted by atomic mass is 9.97. The molecule has 1 saturated heterocycles. The van der Waals surface area contributed by atoms with Crippen molar-refractivity contribution >= 4 is 22.0 Å². The van der Waals surface area contributed by atoms with Crippen LogP contribution in [0.5, 0.6) is 0 Å². The van der Waals surface area contributed by atoms with Gasteiger partial charge in [0.15, 0.2) is 0 Å². The number of hydrogen-bond donors (Lipinski definition) is 2. The van der Waals surface area contributed by atoms with Crippen LogP contribution in [0.4, 0.5) is 4.79 Å². The molecule has 0 aromatic heterocycles. The van der Waals surface area contributed by atoms with Crippen LogP contribution < -0.4 is 4.72 Å². The topological polar surface area (TPSA) is 104 Å². The highest BCUT2D eigenvalue weighted by atomic mass is 32.2. The zero-order chi connectivity index (χ0) is 11.6. The molecule has 0 saturated carbocycles.